The number of nitriles is 1. The molecule has 2 aromatic rings. The minimum Gasteiger partial charge on any atom is -0.345 e. The normalized spacial score (nSPS) is 24.3. The molecule has 1 aromatic heterocycles. The van der Waals surface area contributed by atoms with Crippen molar-refractivity contribution in [3.63, 3.8) is 0 Å². The van der Waals surface area contributed by atoms with Crippen LogP contribution in [-0.2, 0) is 10.3 Å². The van der Waals surface area contributed by atoms with Gasteiger partial charge in [-0.2, -0.15) is 5.26 Å². The molecule has 174 valence electrons. The molecule has 1 aliphatic carbocycles. The van der Waals surface area contributed by atoms with E-state index in [9.17, 15) is 10.1 Å². The molecular weight excluding hydrogens is 430 g/mol. The van der Waals surface area contributed by atoms with Crippen molar-refractivity contribution in [2.24, 2.45) is 5.92 Å². The van der Waals surface area contributed by atoms with Gasteiger partial charge in [0, 0.05) is 18.0 Å². The molecule has 6 nitrogen and oxygen atoms in total. The van der Waals surface area contributed by atoms with Crippen LogP contribution in [-0.4, -0.2) is 36.4 Å². The van der Waals surface area contributed by atoms with Crippen molar-refractivity contribution >= 4 is 23.2 Å². The molecular formula is C26H33N5OS. The molecule has 1 aliphatic heterocycles. The van der Waals surface area contributed by atoms with E-state index in [1.54, 1.807) is 24.5 Å². The molecule has 0 spiro atoms. The monoisotopic (exact) mass is 463 g/mol. The molecule has 7 heteroatoms. The number of carbonyl (C=O) groups is 1. The first kappa shape index (κ1) is 23.5. The number of rotatable bonds is 6. The average molecular weight is 464 g/mol. The van der Waals surface area contributed by atoms with Crippen LogP contribution in [0.4, 0.5) is 0 Å². The topological polar surface area (TPSA) is 92.0 Å². The zero-order chi connectivity index (χ0) is 23.4. The van der Waals surface area contributed by atoms with Gasteiger partial charge in [0.05, 0.1) is 23.1 Å². The fourth-order valence-corrected chi connectivity index (χ4v) is 6.19. The predicted molar refractivity (Wildman–Crippen MR) is 133 cm³/mol. The molecule has 2 fully saturated rings. The van der Waals surface area contributed by atoms with Crippen molar-refractivity contribution in [3.05, 3.63) is 46.2 Å². The van der Waals surface area contributed by atoms with Crippen LogP contribution in [0, 0.1) is 22.7 Å². The van der Waals surface area contributed by atoms with Gasteiger partial charge in [0.15, 0.2) is 5.96 Å². The third-order valence-electron chi connectivity index (χ3n) is 7.20. The van der Waals surface area contributed by atoms with Gasteiger partial charge in [-0.3, -0.25) is 15.1 Å². The second-order valence-electron chi connectivity index (χ2n) is 9.45. The Morgan fingerprint density at radius 1 is 1.24 bits per heavy atom. The first-order chi connectivity index (χ1) is 15.9. The average Bonchev–Trinajstić information content (AvgIpc) is 3.19. The maximum Gasteiger partial charge on any atom is 0.234 e. The molecule has 33 heavy (non-hydrogen) atoms. The summed E-state index contributed by atoms with van der Waals surface area (Å²) in [6.45, 7) is 2.84. The van der Waals surface area contributed by atoms with Crippen LogP contribution < -0.4 is 10.6 Å². The van der Waals surface area contributed by atoms with Gasteiger partial charge >= 0.3 is 0 Å². The molecule has 1 aromatic carbocycles. The Bertz CT molecular complexity index is 1050. The standard InChI is InChI=1S/C26H33N5OS/c1-26(23-15-20(17-33-23)19-9-7-8-18(14-19)16-27)22(24(32)31(2)25(28)30-26)12-13-29-21-10-5-3-4-6-11-21/h7-9,14-15,17,21-22,29H,3-6,10-13H2,1-2H3,(H2,28,30)/t22-,26+/m1/s1. The molecule has 0 radical (unpaired) electrons. The van der Waals surface area contributed by atoms with Crippen LogP contribution in [0.2, 0.25) is 0 Å². The summed E-state index contributed by atoms with van der Waals surface area (Å²) in [5, 5.41) is 26.7. The van der Waals surface area contributed by atoms with E-state index in [0.717, 1.165) is 22.5 Å². The highest BCUT2D eigenvalue weighted by Crippen LogP contribution is 2.41. The molecule has 2 heterocycles. The van der Waals surface area contributed by atoms with Crippen molar-refractivity contribution in [3.8, 4) is 17.2 Å². The van der Waals surface area contributed by atoms with Gasteiger partial charge in [-0.05, 0) is 67.4 Å². The first-order valence-corrected chi connectivity index (χ1v) is 12.8. The first-order valence-electron chi connectivity index (χ1n) is 11.9. The number of nitrogens with one attached hydrogen (secondary N) is 3. The Morgan fingerprint density at radius 2 is 2.00 bits per heavy atom. The van der Waals surface area contributed by atoms with Gasteiger partial charge in [0.2, 0.25) is 5.91 Å². The van der Waals surface area contributed by atoms with E-state index < -0.39 is 5.54 Å². The zero-order valence-electron chi connectivity index (χ0n) is 19.5. The highest BCUT2D eigenvalue weighted by Gasteiger charge is 2.47. The highest BCUT2D eigenvalue weighted by atomic mass is 32.1. The Hall–Kier alpha value is -2.69. The zero-order valence-corrected chi connectivity index (χ0v) is 20.3. The molecule has 4 rings (SSSR count). The van der Waals surface area contributed by atoms with Crippen LogP contribution in [0.3, 0.4) is 0 Å². The van der Waals surface area contributed by atoms with Crippen LogP contribution in [0.5, 0.6) is 0 Å². The van der Waals surface area contributed by atoms with E-state index in [1.807, 2.05) is 25.1 Å². The van der Waals surface area contributed by atoms with Crippen LogP contribution in [0.15, 0.2) is 35.7 Å². The van der Waals surface area contributed by atoms with Gasteiger partial charge in [-0.25, -0.2) is 0 Å². The summed E-state index contributed by atoms with van der Waals surface area (Å²) in [7, 11) is 1.68. The lowest BCUT2D eigenvalue weighted by Gasteiger charge is -2.45. The Morgan fingerprint density at radius 3 is 2.73 bits per heavy atom. The fourth-order valence-electron chi connectivity index (χ4n) is 5.10. The molecule has 2 atom stereocenters. The molecule has 1 saturated carbocycles. The Labute approximate surface area is 200 Å². The molecule has 0 bridgehead atoms. The van der Waals surface area contributed by atoms with Crippen molar-refractivity contribution in [1.82, 2.24) is 15.5 Å². The summed E-state index contributed by atoms with van der Waals surface area (Å²) in [6, 6.07) is 12.4. The number of hydrogen-bond donors (Lipinski definition) is 3. The van der Waals surface area contributed by atoms with E-state index in [1.165, 1.54) is 43.4 Å². The summed E-state index contributed by atoms with van der Waals surface area (Å²) in [5.41, 5.74) is 1.99. The lowest BCUT2D eigenvalue weighted by molar-refractivity contribution is -0.135. The molecule has 1 saturated heterocycles. The fraction of sp³-hybridized carbons (Fsp3) is 0.500. The maximum atomic E-state index is 13.3. The van der Waals surface area contributed by atoms with E-state index in [0.29, 0.717) is 18.0 Å². The summed E-state index contributed by atoms with van der Waals surface area (Å²) < 4.78 is 0. The van der Waals surface area contributed by atoms with Crippen LogP contribution >= 0.6 is 11.3 Å². The number of hydrogen-bond acceptors (Lipinski definition) is 5. The lowest BCUT2D eigenvalue weighted by Crippen LogP contribution is -2.63. The molecule has 0 unspecified atom stereocenters. The Balaban J connectivity index is 1.55. The number of guanidine groups is 1. The molecule has 2 aliphatic rings. The second kappa shape index (κ2) is 10.1. The van der Waals surface area contributed by atoms with E-state index >= 15 is 0 Å². The van der Waals surface area contributed by atoms with Gasteiger partial charge in [-0.1, -0.05) is 37.8 Å². The third kappa shape index (κ3) is 4.97. The maximum absolute atomic E-state index is 13.3. The van der Waals surface area contributed by atoms with Crippen molar-refractivity contribution < 1.29 is 4.79 Å². The van der Waals surface area contributed by atoms with Gasteiger partial charge < -0.3 is 10.6 Å². The van der Waals surface area contributed by atoms with Crippen molar-refractivity contribution in [2.45, 2.75) is 63.5 Å². The van der Waals surface area contributed by atoms with E-state index in [2.05, 4.69) is 28.1 Å². The number of carbonyl (C=O) groups excluding carboxylic acids is 1. The van der Waals surface area contributed by atoms with Gasteiger partial charge in [0.25, 0.3) is 0 Å². The highest BCUT2D eigenvalue weighted by molar-refractivity contribution is 7.10. The number of amides is 1. The van der Waals surface area contributed by atoms with Gasteiger partial charge in [-0.15, -0.1) is 11.3 Å². The van der Waals surface area contributed by atoms with Crippen molar-refractivity contribution in [1.29, 1.82) is 10.7 Å². The van der Waals surface area contributed by atoms with Crippen LogP contribution in [0.25, 0.3) is 11.1 Å². The summed E-state index contributed by atoms with van der Waals surface area (Å²) in [4.78, 5) is 15.8. The predicted octanol–water partition coefficient (Wildman–Crippen LogP) is 4.82. The van der Waals surface area contributed by atoms with Crippen LogP contribution in [0.1, 0.15) is 62.3 Å². The SMILES string of the molecule is CN1C(=N)N[C@](C)(c2cc(-c3cccc(C#N)c3)cs2)[C@H](CCNC2CCCCCC2)C1=O. The smallest absolute Gasteiger partial charge is 0.234 e. The lowest BCUT2D eigenvalue weighted by atomic mass is 9.79. The Kier molecular flexibility index (Phi) is 7.16. The largest absolute Gasteiger partial charge is 0.345 e. The van der Waals surface area contributed by atoms with Gasteiger partial charge in [0.1, 0.15) is 0 Å². The van der Waals surface area contributed by atoms with E-state index in [-0.39, 0.29) is 17.8 Å². The quantitative estimate of drug-likeness (QED) is 0.536. The summed E-state index contributed by atoms with van der Waals surface area (Å²) in [6.07, 6.45) is 8.36. The minimum absolute atomic E-state index is 0.00894. The molecule has 3 N–H and O–H groups in total. The summed E-state index contributed by atoms with van der Waals surface area (Å²) >= 11 is 1.60. The second-order valence-corrected chi connectivity index (χ2v) is 10.4. The number of benzene rings is 1. The van der Waals surface area contributed by atoms with Crippen molar-refractivity contribution in [2.75, 3.05) is 13.6 Å². The number of nitrogens with zero attached hydrogens (tertiary/aromatic N) is 2. The summed E-state index contributed by atoms with van der Waals surface area (Å²) in [5.74, 6) is -0.144. The third-order valence-corrected chi connectivity index (χ3v) is 8.36. The minimum atomic E-state index is -0.651. The van der Waals surface area contributed by atoms with E-state index in [4.69, 9.17) is 5.41 Å². The number of thiophene rings is 1. The molecule has 1 amide bonds.